The van der Waals surface area contributed by atoms with Gasteiger partial charge >= 0.3 is 0 Å². The number of hydrogen-bond acceptors (Lipinski definition) is 4. The van der Waals surface area contributed by atoms with Gasteiger partial charge in [0.25, 0.3) is 0 Å². The Kier molecular flexibility index (Phi) is 4.04. The van der Waals surface area contributed by atoms with Crippen LogP contribution < -0.4 is 5.32 Å². The van der Waals surface area contributed by atoms with E-state index in [1.807, 2.05) is 31.6 Å². The largest absolute Gasteiger partial charge is 0.314 e. The SMILES string of the molecule is Cc1ccc(CN2CCNCC2c2cccnc2)cn1. The van der Waals surface area contributed by atoms with E-state index in [1.165, 1.54) is 11.1 Å². The molecule has 1 aliphatic rings. The monoisotopic (exact) mass is 268 g/mol. The Balaban J connectivity index is 1.77. The third-order valence-corrected chi connectivity index (χ3v) is 3.78. The van der Waals surface area contributed by atoms with Gasteiger partial charge in [-0.25, -0.2) is 0 Å². The van der Waals surface area contributed by atoms with Crippen LogP contribution in [0.2, 0.25) is 0 Å². The summed E-state index contributed by atoms with van der Waals surface area (Å²) >= 11 is 0. The summed E-state index contributed by atoms with van der Waals surface area (Å²) in [7, 11) is 0. The van der Waals surface area contributed by atoms with E-state index in [4.69, 9.17) is 0 Å². The van der Waals surface area contributed by atoms with Crippen molar-refractivity contribution in [2.75, 3.05) is 19.6 Å². The molecule has 4 heteroatoms. The Morgan fingerprint density at radius 1 is 1.30 bits per heavy atom. The number of pyridine rings is 2. The molecule has 3 rings (SSSR count). The number of aromatic nitrogens is 2. The first-order valence-electron chi connectivity index (χ1n) is 7.09. The minimum atomic E-state index is 0.388. The number of rotatable bonds is 3. The molecule has 0 radical (unpaired) electrons. The predicted molar refractivity (Wildman–Crippen MR) is 79.2 cm³/mol. The van der Waals surface area contributed by atoms with Crippen molar-refractivity contribution in [1.29, 1.82) is 0 Å². The summed E-state index contributed by atoms with van der Waals surface area (Å²) in [4.78, 5) is 11.1. The van der Waals surface area contributed by atoms with Crippen LogP contribution >= 0.6 is 0 Å². The van der Waals surface area contributed by atoms with Gasteiger partial charge in [-0.3, -0.25) is 14.9 Å². The van der Waals surface area contributed by atoms with Gasteiger partial charge in [0.05, 0.1) is 0 Å². The van der Waals surface area contributed by atoms with Crippen molar-refractivity contribution in [3.63, 3.8) is 0 Å². The Morgan fingerprint density at radius 2 is 2.25 bits per heavy atom. The Bertz CT molecular complexity index is 538. The van der Waals surface area contributed by atoms with Crippen LogP contribution in [-0.2, 0) is 6.54 Å². The minimum Gasteiger partial charge on any atom is -0.314 e. The van der Waals surface area contributed by atoms with Crippen LogP contribution in [0.1, 0.15) is 22.9 Å². The molecule has 3 heterocycles. The third-order valence-electron chi connectivity index (χ3n) is 3.78. The summed E-state index contributed by atoms with van der Waals surface area (Å²) in [6.45, 7) is 6.02. The molecule has 2 aromatic rings. The van der Waals surface area contributed by atoms with Gasteiger partial charge in [-0.2, -0.15) is 0 Å². The zero-order valence-corrected chi connectivity index (χ0v) is 11.8. The van der Waals surface area contributed by atoms with Crippen LogP contribution in [0, 0.1) is 6.92 Å². The molecule has 0 bridgehead atoms. The van der Waals surface area contributed by atoms with E-state index >= 15 is 0 Å². The fraction of sp³-hybridized carbons (Fsp3) is 0.375. The number of aryl methyl sites for hydroxylation is 1. The highest BCUT2D eigenvalue weighted by molar-refractivity contribution is 5.18. The molecule has 1 fully saturated rings. The van der Waals surface area contributed by atoms with E-state index in [2.05, 4.69) is 38.4 Å². The Hall–Kier alpha value is -1.78. The average Bonchev–Trinajstić information content (AvgIpc) is 2.51. The highest BCUT2D eigenvalue weighted by Gasteiger charge is 2.23. The van der Waals surface area contributed by atoms with Crippen molar-refractivity contribution in [3.05, 3.63) is 59.7 Å². The van der Waals surface area contributed by atoms with E-state index in [0.717, 1.165) is 31.9 Å². The summed E-state index contributed by atoms with van der Waals surface area (Å²) in [5, 5.41) is 3.47. The molecule has 4 nitrogen and oxygen atoms in total. The van der Waals surface area contributed by atoms with Crippen molar-refractivity contribution in [2.45, 2.75) is 19.5 Å². The molecule has 1 aliphatic heterocycles. The third kappa shape index (κ3) is 3.03. The molecule has 0 amide bonds. The summed E-state index contributed by atoms with van der Waals surface area (Å²) in [6.07, 6.45) is 5.78. The smallest absolute Gasteiger partial charge is 0.0492 e. The topological polar surface area (TPSA) is 41.0 Å². The zero-order valence-electron chi connectivity index (χ0n) is 11.8. The van der Waals surface area contributed by atoms with Crippen LogP contribution in [0.5, 0.6) is 0 Å². The highest BCUT2D eigenvalue weighted by Crippen LogP contribution is 2.23. The number of nitrogens with one attached hydrogen (secondary N) is 1. The van der Waals surface area contributed by atoms with E-state index in [0.29, 0.717) is 6.04 Å². The molecule has 1 unspecified atom stereocenters. The molecular formula is C16H20N4. The van der Waals surface area contributed by atoms with Crippen LogP contribution in [0.25, 0.3) is 0 Å². The van der Waals surface area contributed by atoms with E-state index in [-0.39, 0.29) is 0 Å². The first-order valence-corrected chi connectivity index (χ1v) is 7.09. The number of nitrogens with zero attached hydrogens (tertiary/aromatic N) is 3. The van der Waals surface area contributed by atoms with E-state index in [1.54, 1.807) is 0 Å². The maximum Gasteiger partial charge on any atom is 0.0492 e. The van der Waals surface area contributed by atoms with Crippen LogP contribution in [0.4, 0.5) is 0 Å². The van der Waals surface area contributed by atoms with Gasteiger partial charge in [0.1, 0.15) is 0 Å². The fourth-order valence-electron chi connectivity index (χ4n) is 2.66. The molecule has 1 N–H and O–H groups in total. The normalized spacial score (nSPS) is 19.9. The van der Waals surface area contributed by atoms with Gasteiger partial charge in [-0.05, 0) is 30.2 Å². The second-order valence-corrected chi connectivity index (χ2v) is 5.28. The summed E-state index contributed by atoms with van der Waals surface area (Å²) in [5.74, 6) is 0. The Labute approximate surface area is 119 Å². The minimum absolute atomic E-state index is 0.388. The lowest BCUT2D eigenvalue weighted by Crippen LogP contribution is -2.45. The molecule has 1 atom stereocenters. The second kappa shape index (κ2) is 6.11. The molecule has 0 spiro atoms. The second-order valence-electron chi connectivity index (χ2n) is 5.28. The zero-order chi connectivity index (χ0) is 13.8. The molecule has 104 valence electrons. The van der Waals surface area contributed by atoms with Gasteiger partial charge in [0, 0.05) is 56.5 Å². The lowest BCUT2D eigenvalue weighted by atomic mass is 10.0. The molecular weight excluding hydrogens is 248 g/mol. The van der Waals surface area contributed by atoms with Crippen molar-refractivity contribution in [3.8, 4) is 0 Å². The highest BCUT2D eigenvalue weighted by atomic mass is 15.2. The first-order chi connectivity index (χ1) is 9.83. The van der Waals surface area contributed by atoms with E-state index in [9.17, 15) is 0 Å². The van der Waals surface area contributed by atoms with Crippen LogP contribution in [0.15, 0.2) is 42.9 Å². The van der Waals surface area contributed by atoms with Crippen molar-refractivity contribution in [1.82, 2.24) is 20.2 Å². The summed E-state index contributed by atoms with van der Waals surface area (Å²) in [6, 6.07) is 8.81. The lowest BCUT2D eigenvalue weighted by Gasteiger charge is -2.36. The molecule has 2 aromatic heterocycles. The van der Waals surface area contributed by atoms with Gasteiger partial charge < -0.3 is 5.32 Å². The summed E-state index contributed by atoms with van der Waals surface area (Å²) < 4.78 is 0. The van der Waals surface area contributed by atoms with Crippen LogP contribution in [-0.4, -0.2) is 34.5 Å². The standard InChI is InChI=1S/C16H20N4/c1-13-4-5-14(9-19-13)12-20-8-7-18-11-16(20)15-3-2-6-17-10-15/h2-6,9-10,16,18H,7-8,11-12H2,1H3. The first kappa shape index (κ1) is 13.2. The number of piperazine rings is 1. The molecule has 0 aliphatic carbocycles. The van der Waals surface area contributed by atoms with E-state index < -0.39 is 0 Å². The van der Waals surface area contributed by atoms with Crippen molar-refractivity contribution in [2.24, 2.45) is 0 Å². The van der Waals surface area contributed by atoms with Crippen LogP contribution in [0.3, 0.4) is 0 Å². The van der Waals surface area contributed by atoms with Gasteiger partial charge in [0.15, 0.2) is 0 Å². The van der Waals surface area contributed by atoms with Gasteiger partial charge in [-0.1, -0.05) is 12.1 Å². The Morgan fingerprint density at radius 3 is 3.00 bits per heavy atom. The predicted octanol–water partition coefficient (Wildman–Crippen LogP) is 1.93. The molecule has 20 heavy (non-hydrogen) atoms. The molecule has 0 aromatic carbocycles. The van der Waals surface area contributed by atoms with Crippen molar-refractivity contribution < 1.29 is 0 Å². The van der Waals surface area contributed by atoms with Crippen molar-refractivity contribution >= 4 is 0 Å². The quantitative estimate of drug-likeness (QED) is 0.923. The maximum atomic E-state index is 4.39. The maximum absolute atomic E-state index is 4.39. The molecule has 0 saturated carbocycles. The summed E-state index contributed by atoms with van der Waals surface area (Å²) in [5.41, 5.74) is 3.61. The lowest BCUT2D eigenvalue weighted by molar-refractivity contribution is 0.153. The molecule has 1 saturated heterocycles. The fourth-order valence-corrected chi connectivity index (χ4v) is 2.66. The van der Waals surface area contributed by atoms with Gasteiger partial charge in [0.2, 0.25) is 0 Å². The number of hydrogen-bond donors (Lipinski definition) is 1. The van der Waals surface area contributed by atoms with Gasteiger partial charge in [-0.15, -0.1) is 0 Å². The average molecular weight is 268 g/mol.